The van der Waals surface area contributed by atoms with Crippen molar-refractivity contribution in [3.05, 3.63) is 23.3 Å². The molecule has 0 unspecified atom stereocenters. The van der Waals surface area contributed by atoms with Gasteiger partial charge in [-0.15, -0.1) is 11.3 Å². The van der Waals surface area contributed by atoms with Crippen LogP contribution in [0.25, 0.3) is 0 Å². The van der Waals surface area contributed by atoms with Gasteiger partial charge in [-0.3, -0.25) is 4.79 Å². The minimum atomic E-state index is -4.44. The molecule has 2 heterocycles. The average molecular weight is 521 g/mol. The maximum absolute atomic E-state index is 12.5. The van der Waals surface area contributed by atoms with E-state index < -0.39 is 23.5 Å². The Kier molecular flexibility index (Phi) is 10.9. The Balaban J connectivity index is 2.06. The molecule has 0 radical (unpaired) electrons. The molecule has 190 valence electrons. The summed E-state index contributed by atoms with van der Waals surface area (Å²) >= 11 is 2.59. The molecular formula is C22H31F3N4O3S2. The highest BCUT2D eigenvalue weighted by Gasteiger charge is 2.30. The normalized spacial score (nSPS) is 12.1. The number of nitrogens with zero attached hydrogens (tertiary/aromatic N) is 4. The zero-order valence-corrected chi connectivity index (χ0v) is 21.2. The fraction of sp³-hybridized carbons (Fsp3) is 0.636. The molecule has 0 fully saturated rings. The number of thiazole rings is 1. The van der Waals surface area contributed by atoms with Crippen LogP contribution in [0, 0.1) is 0 Å². The molecule has 0 spiro atoms. The molecule has 2 aromatic rings. The predicted octanol–water partition coefficient (Wildman–Crippen LogP) is 5.85. The Hall–Kier alpha value is -2.08. The van der Waals surface area contributed by atoms with Crippen LogP contribution in [0.5, 0.6) is 5.88 Å². The average Bonchev–Trinajstić information content (AvgIpc) is 3.20. The molecule has 0 aliphatic heterocycles. The number of halogens is 3. The number of hydrogen-bond donors (Lipinski definition) is 1. The van der Waals surface area contributed by atoms with Crippen LogP contribution in [0.3, 0.4) is 0 Å². The zero-order chi connectivity index (χ0) is 25.2. The van der Waals surface area contributed by atoms with E-state index in [4.69, 9.17) is 4.74 Å². The quantitative estimate of drug-likeness (QED) is 0.231. The smallest absolute Gasteiger partial charge is 0.422 e. The molecule has 1 N–H and O–H groups in total. The van der Waals surface area contributed by atoms with Crippen LogP contribution in [-0.4, -0.2) is 56.6 Å². The van der Waals surface area contributed by atoms with Gasteiger partial charge in [-0.2, -0.15) is 18.2 Å². The number of anilines is 1. The topological polar surface area (TPSA) is 88.4 Å². The number of hydrogen-bond acceptors (Lipinski definition) is 8. The van der Waals surface area contributed by atoms with Crippen LogP contribution >= 0.6 is 23.1 Å². The molecule has 12 heteroatoms. The summed E-state index contributed by atoms with van der Waals surface area (Å²) in [7, 11) is 0. The lowest BCUT2D eigenvalue weighted by molar-refractivity contribution is -0.154. The summed E-state index contributed by atoms with van der Waals surface area (Å²) in [4.78, 5) is 26.3. The summed E-state index contributed by atoms with van der Waals surface area (Å²) in [5, 5.41) is 11.2. The maximum Gasteiger partial charge on any atom is 0.422 e. The Morgan fingerprint density at radius 3 is 2.59 bits per heavy atom. The number of aromatic nitrogens is 3. The van der Waals surface area contributed by atoms with Crippen LogP contribution < -0.4 is 9.64 Å². The van der Waals surface area contributed by atoms with Crippen molar-refractivity contribution >= 4 is 35.0 Å². The van der Waals surface area contributed by atoms with Crippen molar-refractivity contribution in [1.29, 1.82) is 0 Å². The molecular weight excluding hydrogens is 489 g/mol. The standard InChI is InChI=1S/C22H31F3N4O3S2/c1-4-5-6-7-8-12-29(19-26-11-9-17(28-19)32-15-22(23,24)25)13-10-16-14-33-20(27-16)34-21(2,3)18(30)31/h9,11,14H,4-8,10,12-13,15H2,1-3H3,(H,30,31). The number of carboxylic acid groups (broad SMARTS) is 1. The summed E-state index contributed by atoms with van der Waals surface area (Å²) in [6.45, 7) is 5.17. The first-order valence-corrected chi connectivity index (χ1v) is 12.8. The second-order valence-corrected chi connectivity index (χ2v) is 11.0. The highest BCUT2D eigenvalue weighted by atomic mass is 32.2. The summed E-state index contributed by atoms with van der Waals surface area (Å²) in [6.07, 6.45) is 2.86. The van der Waals surface area contributed by atoms with Crippen LogP contribution in [0.4, 0.5) is 19.1 Å². The molecule has 2 aromatic heterocycles. The molecule has 0 aliphatic carbocycles. The lowest BCUT2D eigenvalue weighted by Gasteiger charge is -2.22. The molecule has 34 heavy (non-hydrogen) atoms. The molecule has 0 amide bonds. The largest absolute Gasteiger partial charge is 0.480 e. The number of alkyl halides is 3. The fourth-order valence-corrected chi connectivity index (χ4v) is 5.13. The fourth-order valence-electron chi connectivity index (χ4n) is 2.90. The van der Waals surface area contributed by atoms with Gasteiger partial charge in [-0.05, 0) is 20.3 Å². The predicted molar refractivity (Wildman–Crippen MR) is 128 cm³/mol. The highest BCUT2D eigenvalue weighted by Crippen LogP contribution is 2.34. The summed E-state index contributed by atoms with van der Waals surface area (Å²) < 4.78 is 42.0. The molecule has 7 nitrogen and oxygen atoms in total. The lowest BCUT2D eigenvalue weighted by atomic mass is 10.1. The van der Waals surface area contributed by atoms with Crippen molar-refractivity contribution in [2.24, 2.45) is 0 Å². The van der Waals surface area contributed by atoms with E-state index in [2.05, 4.69) is 21.9 Å². The van der Waals surface area contributed by atoms with Gasteiger partial charge in [0.15, 0.2) is 10.9 Å². The van der Waals surface area contributed by atoms with Gasteiger partial charge >= 0.3 is 12.1 Å². The van der Waals surface area contributed by atoms with E-state index in [1.54, 1.807) is 13.8 Å². The van der Waals surface area contributed by atoms with Crippen molar-refractivity contribution in [3.63, 3.8) is 0 Å². The van der Waals surface area contributed by atoms with E-state index in [0.29, 0.717) is 29.8 Å². The highest BCUT2D eigenvalue weighted by molar-refractivity contribution is 8.02. The van der Waals surface area contributed by atoms with Crippen molar-refractivity contribution in [1.82, 2.24) is 15.0 Å². The van der Waals surface area contributed by atoms with Gasteiger partial charge in [0.05, 0.1) is 5.69 Å². The third-order valence-electron chi connectivity index (χ3n) is 4.84. The third-order valence-corrected chi connectivity index (χ3v) is 7.01. The number of thioether (sulfide) groups is 1. The van der Waals surface area contributed by atoms with Crippen LogP contribution in [-0.2, 0) is 11.2 Å². The molecule has 0 bridgehead atoms. The van der Waals surface area contributed by atoms with Gasteiger partial charge in [0.1, 0.15) is 4.75 Å². The first-order chi connectivity index (χ1) is 16.0. The van der Waals surface area contributed by atoms with Crippen molar-refractivity contribution in [2.75, 3.05) is 24.6 Å². The minimum absolute atomic E-state index is 0.124. The van der Waals surface area contributed by atoms with Gasteiger partial charge in [0.2, 0.25) is 11.8 Å². The Bertz CT molecular complexity index is 910. The second kappa shape index (κ2) is 13.1. The molecule has 0 saturated carbocycles. The van der Waals surface area contributed by atoms with Gasteiger partial charge < -0.3 is 14.7 Å². The van der Waals surface area contributed by atoms with E-state index in [1.165, 1.54) is 35.4 Å². The molecule has 0 atom stereocenters. The molecule has 0 aromatic carbocycles. The van der Waals surface area contributed by atoms with Gasteiger partial charge in [-0.1, -0.05) is 44.4 Å². The van der Waals surface area contributed by atoms with E-state index in [0.717, 1.165) is 37.8 Å². The van der Waals surface area contributed by atoms with Crippen LogP contribution in [0.1, 0.15) is 58.6 Å². The minimum Gasteiger partial charge on any atom is -0.480 e. The van der Waals surface area contributed by atoms with Gasteiger partial charge in [0, 0.05) is 37.2 Å². The maximum atomic E-state index is 12.5. The zero-order valence-electron chi connectivity index (χ0n) is 19.6. The summed E-state index contributed by atoms with van der Waals surface area (Å²) in [6, 6.07) is 1.31. The first kappa shape index (κ1) is 28.2. The molecule has 0 saturated heterocycles. The Labute approximate surface area is 206 Å². The van der Waals surface area contributed by atoms with Crippen molar-refractivity contribution in [3.8, 4) is 5.88 Å². The van der Waals surface area contributed by atoms with E-state index in [-0.39, 0.29) is 5.88 Å². The Morgan fingerprint density at radius 1 is 1.18 bits per heavy atom. The summed E-state index contributed by atoms with van der Waals surface area (Å²) in [5.41, 5.74) is 0.814. The lowest BCUT2D eigenvalue weighted by Crippen LogP contribution is -2.29. The van der Waals surface area contributed by atoms with E-state index >= 15 is 0 Å². The van der Waals surface area contributed by atoms with Crippen LogP contribution in [0.2, 0.25) is 0 Å². The third kappa shape index (κ3) is 10.0. The second-order valence-electron chi connectivity index (χ2n) is 8.27. The SMILES string of the molecule is CCCCCCCN(CCc1csc(SC(C)(C)C(=O)O)n1)c1nccc(OCC(F)(F)F)n1. The number of aliphatic carboxylic acids is 1. The number of carbonyl (C=O) groups is 1. The molecule has 0 aliphatic rings. The number of unbranched alkanes of at least 4 members (excludes halogenated alkanes) is 4. The van der Waals surface area contributed by atoms with Gasteiger partial charge in [0.25, 0.3) is 0 Å². The van der Waals surface area contributed by atoms with Gasteiger partial charge in [-0.25, -0.2) is 9.97 Å². The van der Waals surface area contributed by atoms with E-state index in [9.17, 15) is 23.1 Å². The van der Waals surface area contributed by atoms with Crippen molar-refractivity contribution in [2.45, 2.75) is 74.6 Å². The summed E-state index contributed by atoms with van der Waals surface area (Å²) in [5.74, 6) is -0.721. The first-order valence-electron chi connectivity index (χ1n) is 11.1. The number of ether oxygens (including phenoxy) is 1. The number of rotatable bonds is 15. The van der Waals surface area contributed by atoms with Crippen molar-refractivity contribution < 1.29 is 27.8 Å². The monoisotopic (exact) mass is 520 g/mol. The molecule has 2 rings (SSSR count). The Morgan fingerprint density at radius 2 is 1.91 bits per heavy atom. The number of carboxylic acids is 1. The van der Waals surface area contributed by atoms with E-state index in [1.807, 2.05) is 10.3 Å². The van der Waals surface area contributed by atoms with Crippen LogP contribution in [0.15, 0.2) is 22.0 Å².